The molecule has 0 aliphatic carbocycles. The summed E-state index contributed by atoms with van der Waals surface area (Å²) < 4.78 is 26.6. The lowest BCUT2D eigenvalue weighted by molar-refractivity contribution is 0.102. The summed E-state index contributed by atoms with van der Waals surface area (Å²) in [5.74, 6) is -1.91. The highest BCUT2D eigenvalue weighted by Gasteiger charge is 2.12. The first-order valence-electron chi connectivity index (χ1n) is 4.94. The molecule has 3 nitrogen and oxygen atoms in total. The Morgan fingerprint density at radius 2 is 2.00 bits per heavy atom. The van der Waals surface area contributed by atoms with Crippen molar-refractivity contribution in [3.63, 3.8) is 0 Å². The molecule has 0 bridgehead atoms. The summed E-state index contributed by atoms with van der Waals surface area (Å²) in [4.78, 5) is 15.1. The van der Waals surface area contributed by atoms with Crippen molar-refractivity contribution in [1.82, 2.24) is 4.98 Å². The molecule has 18 heavy (non-hydrogen) atoms. The molecular formula is C12H7BrF2N2O. The lowest BCUT2D eigenvalue weighted by Gasteiger charge is -2.05. The number of benzene rings is 1. The Bertz CT molecular complexity index is 587. The van der Waals surface area contributed by atoms with Crippen molar-refractivity contribution in [3.8, 4) is 0 Å². The summed E-state index contributed by atoms with van der Waals surface area (Å²) in [5.41, 5.74) is 0.200. The highest BCUT2D eigenvalue weighted by Crippen LogP contribution is 2.16. The Morgan fingerprint density at radius 1 is 1.22 bits per heavy atom. The minimum atomic E-state index is -0.650. The molecule has 0 fully saturated rings. The maximum Gasteiger partial charge on any atom is 0.258 e. The molecule has 1 aromatic carbocycles. The molecule has 2 aromatic rings. The topological polar surface area (TPSA) is 42.0 Å². The number of hydrogen-bond donors (Lipinski definition) is 1. The number of amides is 1. The molecule has 0 radical (unpaired) electrons. The van der Waals surface area contributed by atoms with Gasteiger partial charge in [0.15, 0.2) is 0 Å². The van der Waals surface area contributed by atoms with Crippen LogP contribution >= 0.6 is 15.9 Å². The van der Waals surface area contributed by atoms with E-state index in [2.05, 4.69) is 26.2 Å². The van der Waals surface area contributed by atoms with E-state index in [-0.39, 0.29) is 5.56 Å². The second-order valence-corrected chi connectivity index (χ2v) is 4.36. The molecule has 2 rings (SSSR count). The second kappa shape index (κ2) is 5.22. The van der Waals surface area contributed by atoms with Gasteiger partial charge in [0.25, 0.3) is 5.91 Å². The van der Waals surface area contributed by atoms with Gasteiger partial charge in [0.05, 0.1) is 17.4 Å². The van der Waals surface area contributed by atoms with Gasteiger partial charge in [-0.1, -0.05) is 15.9 Å². The van der Waals surface area contributed by atoms with Crippen LogP contribution in [0.1, 0.15) is 10.4 Å². The van der Waals surface area contributed by atoms with Crippen LogP contribution in [0.2, 0.25) is 0 Å². The van der Waals surface area contributed by atoms with Crippen molar-refractivity contribution in [2.45, 2.75) is 0 Å². The van der Waals surface area contributed by atoms with Crippen LogP contribution in [0.4, 0.5) is 14.5 Å². The van der Waals surface area contributed by atoms with Gasteiger partial charge in [0.1, 0.15) is 5.82 Å². The molecule has 1 aromatic heterocycles. The van der Waals surface area contributed by atoms with Gasteiger partial charge in [-0.25, -0.2) is 9.37 Å². The minimum Gasteiger partial charge on any atom is -0.320 e. The molecule has 0 aliphatic heterocycles. The summed E-state index contributed by atoms with van der Waals surface area (Å²) in [7, 11) is 0. The Hall–Kier alpha value is -1.82. The number of halogens is 3. The predicted molar refractivity (Wildman–Crippen MR) is 66.2 cm³/mol. The highest BCUT2D eigenvalue weighted by molar-refractivity contribution is 9.10. The number of carbonyl (C=O) groups is 1. The fraction of sp³-hybridized carbons (Fsp3) is 0. The summed E-state index contributed by atoms with van der Waals surface area (Å²) >= 11 is 3.10. The van der Waals surface area contributed by atoms with Gasteiger partial charge >= 0.3 is 0 Å². The zero-order chi connectivity index (χ0) is 13.1. The highest BCUT2D eigenvalue weighted by atomic mass is 79.9. The fourth-order valence-corrected chi connectivity index (χ4v) is 1.65. The van der Waals surface area contributed by atoms with Gasteiger partial charge in [0.2, 0.25) is 5.95 Å². The molecular weight excluding hydrogens is 306 g/mol. The number of aromatic nitrogens is 1. The molecule has 1 amide bonds. The Balaban J connectivity index is 2.19. The predicted octanol–water partition coefficient (Wildman–Crippen LogP) is 3.37. The van der Waals surface area contributed by atoms with E-state index in [0.29, 0.717) is 10.2 Å². The molecule has 92 valence electrons. The molecule has 0 spiro atoms. The van der Waals surface area contributed by atoms with E-state index < -0.39 is 17.7 Å². The van der Waals surface area contributed by atoms with Gasteiger partial charge in [0, 0.05) is 4.47 Å². The van der Waals surface area contributed by atoms with Crippen molar-refractivity contribution in [2.75, 3.05) is 5.32 Å². The van der Waals surface area contributed by atoms with Gasteiger partial charge in [-0.15, -0.1) is 0 Å². The van der Waals surface area contributed by atoms with Crippen LogP contribution in [0.15, 0.2) is 41.0 Å². The van der Waals surface area contributed by atoms with E-state index in [1.165, 1.54) is 18.2 Å². The van der Waals surface area contributed by atoms with E-state index in [1.807, 2.05) is 0 Å². The lowest BCUT2D eigenvalue weighted by atomic mass is 10.2. The van der Waals surface area contributed by atoms with Crippen molar-refractivity contribution in [2.24, 2.45) is 0 Å². The third-order valence-corrected chi connectivity index (χ3v) is 2.65. The molecule has 0 saturated heterocycles. The molecule has 1 heterocycles. The van der Waals surface area contributed by atoms with Crippen molar-refractivity contribution in [3.05, 3.63) is 58.3 Å². The van der Waals surface area contributed by atoms with Crippen LogP contribution < -0.4 is 5.32 Å². The quantitative estimate of drug-likeness (QED) is 0.864. The second-order valence-electron chi connectivity index (χ2n) is 3.45. The van der Waals surface area contributed by atoms with E-state index in [9.17, 15) is 13.6 Å². The van der Waals surface area contributed by atoms with E-state index >= 15 is 0 Å². The van der Waals surface area contributed by atoms with E-state index in [1.54, 1.807) is 6.07 Å². The zero-order valence-corrected chi connectivity index (χ0v) is 10.5. The molecule has 0 saturated carbocycles. The summed E-state index contributed by atoms with van der Waals surface area (Å²) in [6, 6.07) is 6.55. The standard InChI is InChI=1S/C12H7BrF2N2O/c13-7-1-3-9(10(14)5-7)12(18)17-8-2-4-11(15)16-6-8/h1-6H,(H,17,18). The van der Waals surface area contributed by atoms with Crippen LogP contribution in [0.25, 0.3) is 0 Å². The third kappa shape index (κ3) is 2.89. The average molecular weight is 313 g/mol. The first-order chi connectivity index (χ1) is 8.56. The van der Waals surface area contributed by atoms with Gasteiger partial charge < -0.3 is 5.32 Å². The van der Waals surface area contributed by atoms with Crippen molar-refractivity contribution in [1.29, 1.82) is 0 Å². The summed E-state index contributed by atoms with van der Waals surface area (Å²) in [6.45, 7) is 0. The first-order valence-corrected chi connectivity index (χ1v) is 5.73. The number of hydrogen-bond acceptors (Lipinski definition) is 2. The fourth-order valence-electron chi connectivity index (χ4n) is 1.32. The number of nitrogens with zero attached hydrogens (tertiary/aromatic N) is 1. The molecule has 0 atom stereocenters. The maximum atomic E-state index is 13.5. The van der Waals surface area contributed by atoms with Crippen LogP contribution in [-0.2, 0) is 0 Å². The average Bonchev–Trinajstić information content (AvgIpc) is 2.32. The number of nitrogens with one attached hydrogen (secondary N) is 1. The van der Waals surface area contributed by atoms with Crippen molar-refractivity contribution < 1.29 is 13.6 Å². The number of rotatable bonds is 2. The van der Waals surface area contributed by atoms with Crippen LogP contribution in [0.3, 0.4) is 0 Å². The van der Waals surface area contributed by atoms with Gasteiger partial charge in [-0.3, -0.25) is 4.79 Å². The Kier molecular flexibility index (Phi) is 3.66. The smallest absolute Gasteiger partial charge is 0.258 e. The van der Waals surface area contributed by atoms with Gasteiger partial charge in [-0.05, 0) is 30.3 Å². The monoisotopic (exact) mass is 312 g/mol. The van der Waals surface area contributed by atoms with Crippen LogP contribution in [-0.4, -0.2) is 10.9 Å². The summed E-state index contributed by atoms with van der Waals surface area (Å²) in [5, 5.41) is 2.42. The number of carbonyl (C=O) groups excluding carboxylic acids is 1. The molecule has 1 N–H and O–H groups in total. The molecule has 0 unspecified atom stereocenters. The molecule has 6 heteroatoms. The van der Waals surface area contributed by atoms with Gasteiger partial charge in [-0.2, -0.15) is 4.39 Å². The lowest BCUT2D eigenvalue weighted by Crippen LogP contribution is -2.13. The Labute approximate surface area is 110 Å². The number of pyridine rings is 1. The van der Waals surface area contributed by atoms with E-state index in [0.717, 1.165) is 12.3 Å². The zero-order valence-electron chi connectivity index (χ0n) is 8.95. The minimum absolute atomic E-state index is 0.0949. The van der Waals surface area contributed by atoms with Crippen LogP contribution in [0, 0.1) is 11.8 Å². The molecule has 0 aliphatic rings. The van der Waals surface area contributed by atoms with E-state index in [4.69, 9.17) is 0 Å². The normalized spacial score (nSPS) is 10.2. The first kappa shape index (κ1) is 12.6. The number of anilines is 1. The maximum absolute atomic E-state index is 13.5. The third-order valence-electron chi connectivity index (χ3n) is 2.16. The van der Waals surface area contributed by atoms with Crippen molar-refractivity contribution >= 4 is 27.5 Å². The Morgan fingerprint density at radius 3 is 2.61 bits per heavy atom. The largest absolute Gasteiger partial charge is 0.320 e. The van der Waals surface area contributed by atoms with Crippen LogP contribution in [0.5, 0.6) is 0 Å². The SMILES string of the molecule is O=C(Nc1ccc(F)nc1)c1ccc(Br)cc1F. The summed E-state index contributed by atoms with van der Waals surface area (Å²) in [6.07, 6.45) is 1.16.